The first kappa shape index (κ1) is 15.8. The summed E-state index contributed by atoms with van der Waals surface area (Å²) in [6.45, 7) is 6.09. The Hall–Kier alpha value is -1.59. The average Bonchev–Trinajstić information content (AvgIpc) is 3.12. The monoisotopic (exact) mass is 293 g/mol. The molecule has 0 radical (unpaired) electrons. The minimum Gasteiger partial charge on any atom is -0.357 e. The van der Waals surface area contributed by atoms with Gasteiger partial charge in [0.1, 0.15) is 6.54 Å². The molecule has 118 valence electrons. The van der Waals surface area contributed by atoms with Crippen LogP contribution in [-0.2, 0) is 6.54 Å². The first-order valence-corrected chi connectivity index (χ1v) is 8.09. The van der Waals surface area contributed by atoms with Gasteiger partial charge in [0.25, 0.3) is 0 Å². The molecule has 6 nitrogen and oxygen atoms in total. The number of hydrogen-bond donors (Lipinski definition) is 2. The number of nitrogens with one attached hydrogen (secondary N) is 2. The van der Waals surface area contributed by atoms with Gasteiger partial charge in [-0.05, 0) is 32.6 Å². The maximum Gasteiger partial charge on any atom is 0.248 e. The van der Waals surface area contributed by atoms with Crippen molar-refractivity contribution in [2.24, 2.45) is 10.9 Å². The molecule has 1 aromatic rings. The normalized spacial score (nSPS) is 16.4. The van der Waals surface area contributed by atoms with E-state index < -0.39 is 0 Å². The number of rotatable bonds is 7. The number of aromatic nitrogens is 2. The predicted molar refractivity (Wildman–Crippen MR) is 83.0 cm³/mol. The molecule has 1 heterocycles. The Balaban J connectivity index is 1.70. The number of aliphatic imine (C=N–C) groups is 1. The van der Waals surface area contributed by atoms with Crippen molar-refractivity contribution in [2.45, 2.75) is 58.9 Å². The van der Waals surface area contributed by atoms with Gasteiger partial charge in [-0.1, -0.05) is 30.8 Å². The molecule has 0 unspecified atom stereocenters. The molecule has 1 aliphatic rings. The third kappa shape index (κ3) is 5.73. The second kappa shape index (κ2) is 8.64. The van der Waals surface area contributed by atoms with Crippen LogP contribution in [0.25, 0.3) is 0 Å². The van der Waals surface area contributed by atoms with Crippen molar-refractivity contribution < 1.29 is 4.52 Å². The Morgan fingerprint density at radius 3 is 2.81 bits per heavy atom. The second-order valence-electron chi connectivity index (χ2n) is 5.65. The summed E-state index contributed by atoms with van der Waals surface area (Å²) >= 11 is 0. The summed E-state index contributed by atoms with van der Waals surface area (Å²) in [7, 11) is 0. The van der Waals surface area contributed by atoms with E-state index in [4.69, 9.17) is 4.52 Å². The van der Waals surface area contributed by atoms with Gasteiger partial charge in [0.05, 0.1) is 0 Å². The average molecular weight is 293 g/mol. The van der Waals surface area contributed by atoms with Gasteiger partial charge in [-0.25, -0.2) is 4.99 Å². The van der Waals surface area contributed by atoms with Crippen LogP contribution in [-0.4, -0.2) is 29.2 Å². The van der Waals surface area contributed by atoms with Crippen molar-refractivity contribution >= 4 is 5.96 Å². The first-order chi connectivity index (χ1) is 10.3. The molecule has 0 aliphatic heterocycles. The van der Waals surface area contributed by atoms with Crippen molar-refractivity contribution in [3.8, 4) is 0 Å². The van der Waals surface area contributed by atoms with E-state index in [9.17, 15) is 0 Å². The zero-order valence-electron chi connectivity index (χ0n) is 13.2. The van der Waals surface area contributed by atoms with Crippen LogP contribution < -0.4 is 10.6 Å². The molecule has 0 spiro atoms. The topological polar surface area (TPSA) is 75.3 Å². The van der Waals surface area contributed by atoms with Crippen molar-refractivity contribution in [2.75, 3.05) is 13.1 Å². The molecule has 2 N–H and O–H groups in total. The molecule has 1 saturated carbocycles. The first-order valence-electron chi connectivity index (χ1n) is 8.09. The number of aryl methyl sites for hydroxylation is 1. The van der Waals surface area contributed by atoms with Crippen LogP contribution in [0.15, 0.2) is 9.52 Å². The molecular weight excluding hydrogens is 266 g/mol. The maximum atomic E-state index is 5.06. The molecule has 1 aromatic heterocycles. The zero-order valence-corrected chi connectivity index (χ0v) is 13.2. The van der Waals surface area contributed by atoms with Crippen LogP contribution in [0, 0.1) is 12.8 Å². The summed E-state index contributed by atoms with van der Waals surface area (Å²) < 4.78 is 5.06. The van der Waals surface area contributed by atoms with Gasteiger partial charge in [-0.2, -0.15) is 4.98 Å². The third-order valence-corrected chi connectivity index (χ3v) is 3.84. The fourth-order valence-electron chi connectivity index (χ4n) is 2.79. The van der Waals surface area contributed by atoms with Crippen LogP contribution in [0.3, 0.4) is 0 Å². The quantitative estimate of drug-likeness (QED) is 0.459. The Kier molecular flexibility index (Phi) is 6.50. The van der Waals surface area contributed by atoms with E-state index in [0.29, 0.717) is 18.3 Å². The highest BCUT2D eigenvalue weighted by atomic mass is 16.5. The van der Waals surface area contributed by atoms with E-state index in [2.05, 4.69) is 32.7 Å². The molecule has 0 amide bonds. The van der Waals surface area contributed by atoms with E-state index in [-0.39, 0.29) is 0 Å². The summed E-state index contributed by atoms with van der Waals surface area (Å²) in [4.78, 5) is 8.62. The molecule has 2 rings (SSSR count). The number of guanidine groups is 1. The smallest absolute Gasteiger partial charge is 0.248 e. The molecule has 0 bridgehead atoms. The van der Waals surface area contributed by atoms with Crippen molar-refractivity contribution in [1.82, 2.24) is 20.8 Å². The Morgan fingerprint density at radius 1 is 1.33 bits per heavy atom. The van der Waals surface area contributed by atoms with Gasteiger partial charge in [0, 0.05) is 13.1 Å². The second-order valence-corrected chi connectivity index (χ2v) is 5.65. The van der Waals surface area contributed by atoms with Gasteiger partial charge in [0.15, 0.2) is 11.8 Å². The molecule has 0 saturated heterocycles. The third-order valence-electron chi connectivity index (χ3n) is 3.84. The van der Waals surface area contributed by atoms with Gasteiger partial charge in [-0.15, -0.1) is 0 Å². The maximum absolute atomic E-state index is 5.06. The SMILES string of the molecule is CCNC(=NCc1nc(C)no1)NCCCC1CCCC1. The molecule has 1 fully saturated rings. The minimum absolute atomic E-state index is 0.415. The summed E-state index contributed by atoms with van der Waals surface area (Å²) in [6, 6.07) is 0. The van der Waals surface area contributed by atoms with Crippen molar-refractivity contribution in [3.05, 3.63) is 11.7 Å². The van der Waals surface area contributed by atoms with Crippen molar-refractivity contribution in [3.63, 3.8) is 0 Å². The van der Waals surface area contributed by atoms with Gasteiger partial charge < -0.3 is 15.2 Å². The van der Waals surface area contributed by atoms with E-state index in [1.165, 1.54) is 38.5 Å². The molecule has 1 aliphatic carbocycles. The lowest BCUT2D eigenvalue weighted by Gasteiger charge is -2.12. The van der Waals surface area contributed by atoms with E-state index in [1.54, 1.807) is 0 Å². The van der Waals surface area contributed by atoms with Gasteiger partial charge in [-0.3, -0.25) is 0 Å². The highest BCUT2D eigenvalue weighted by Gasteiger charge is 2.14. The Bertz CT molecular complexity index is 437. The molecule has 6 heteroatoms. The number of hydrogen-bond acceptors (Lipinski definition) is 4. The predicted octanol–water partition coefficient (Wildman–Crippen LogP) is 2.40. The Labute approximate surface area is 126 Å². The summed E-state index contributed by atoms with van der Waals surface area (Å²) in [5.74, 6) is 2.97. The summed E-state index contributed by atoms with van der Waals surface area (Å²) in [6.07, 6.45) is 8.22. The zero-order chi connectivity index (χ0) is 14.9. The van der Waals surface area contributed by atoms with E-state index in [1.807, 2.05) is 6.92 Å². The van der Waals surface area contributed by atoms with Crippen LogP contribution in [0.1, 0.15) is 57.2 Å². The lowest BCUT2D eigenvalue weighted by molar-refractivity contribution is 0.376. The molecular formula is C15H27N5O. The van der Waals surface area contributed by atoms with Gasteiger partial charge in [0.2, 0.25) is 5.89 Å². The van der Waals surface area contributed by atoms with E-state index in [0.717, 1.165) is 25.0 Å². The van der Waals surface area contributed by atoms with Crippen LogP contribution in [0.2, 0.25) is 0 Å². The van der Waals surface area contributed by atoms with E-state index >= 15 is 0 Å². The fourth-order valence-corrected chi connectivity index (χ4v) is 2.79. The molecule has 21 heavy (non-hydrogen) atoms. The standard InChI is InChI=1S/C15H27N5O/c1-3-16-15(18-11-14-19-12(2)20-21-14)17-10-6-9-13-7-4-5-8-13/h13H,3-11H2,1-2H3,(H2,16,17,18). The molecule has 0 atom stereocenters. The molecule has 0 aromatic carbocycles. The lowest BCUT2D eigenvalue weighted by Crippen LogP contribution is -2.37. The van der Waals surface area contributed by atoms with Gasteiger partial charge >= 0.3 is 0 Å². The Morgan fingerprint density at radius 2 is 2.14 bits per heavy atom. The lowest BCUT2D eigenvalue weighted by atomic mass is 10.0. The highest BCUT2D eigenvalue weighted by molar-refractivity contribution is 5.79. The summed E-state index contributed by atoms with van der Waals surface area (Å²) in [5.41, 5.74) is 0. The van der Waals surface area contributed by atoms with Crippen LogP contribution >= 0.6 is 0 Å². The largest absolute Gasteiger partial charge is 0.357 e. The van der Waals surface area contributed by atoms with Crippen molar-refractivity contribution in [1.29, 1.82) is 0 Å². The highest BCUT2D eigenvalue weighted by Crippen LogP contribution is 2.28. The number of nitrogens with zero attached hydrogens (tertiary/aromatic N) is 3. The summed E-state index contributed by atoms with van der Waals surface area (Å²) in [5, 5.41) is 10.4. The minimum atomic E-state index is 0.415. The van der Waals surface area contributed by atoms with Crippen LogP contribution in [0.5, 0.6) is 0 Å². The fraction of sp³-hybridized carbons (Fsp3) is 0.800. The van der Waals surface area contributed by atoms with Crippen LogP contribution in [0.4, 0.5) is 0 Å².